The van der Waals surface area contributed by atoms with E-state index in [1.165, 1.54) is 27.9 Å². The van der Waals surface area contributed by atoms with Gasteiger partial charge in [-0.3, -0.25) is 14.4 Å². The smallest absolute Gasteiger partial charge is 0.470 e. The van der Waals surface area contributed by atoms with E-state index in [1.807, 2.05) is 0 Å². The molecule has 5 unspecified atom stereocenters. The molecule has 15 heteroatoms. The number of carbonyl (C=O) groups is 3. The van der Waals surface area contributed by atoms with Crippen molar-refractivity contribution in [2.24, 2.45) is 0 Å². The predicted molar refractivity (Wildman–Crippen MR) is 126 cm³/mol. The summed E-state index contributed by atoms with van der Waals surface area (Å²) in [4.78, 5) is 42.5. The summed E-state index contributed by atoms with van der Waals surface area (Å²) in [6.07, 6.45) is -0.620. The third kappa shape index (κ3) is 19.0. The quantitative estimate of drug-likeness (QED) is 0.0369. The molecule has 202 valence electrons. The number of carbonyl (C=O) groups excluding carboxylic acids is 3. The first-order valence-corrected chi connectivity index (χ1v) is 12.1. The zero-order chi connectivity index (χ0) is 26.8. The molecule has 0 aromatic heterocycles. The number of rotatable bonds is 14. The molecule has 0 aliphatic carbocycles. The van der Waals surface area contributed by atoms with Crippen molar-refractivity contribution in [1.82, 2.24) is 0 Å². The molecular formula is C21H33KO12PS-. The maximum absolute atomic E-state index is 11.4. The van der Waals surface area contributed by atoms with Crippen LogP contribution in [-0.4, -0.2) is 84.8 Å². The van der Waals surface area contributed by atoms with Gasteiger partial charge in [0.25, 0.3) is 0 Å². The Bertz CT molecular complexity index is 683. The van der Waals surface area contributed by atoms with E-state index in [4.69, 9.17) is 40.3 Å². The van der Waals surface area contributed by atoms with Crippen LogP contribution in [0, 0.1) is 6.58 Å². The minimum atomic E-state index is -1.95. The van der Waals surface area contributed by atoms with E-state index in [0.29, 0.717) is 13.0 Å². The van der Waals surface area contributed by atoms with Crippen LogP contribution in [0.5, 0.6) is 0 Å². The Morgan fingerprint density at radius 3 is 2.28 bits per heavy atom. The number of aliphatic hydroxyl groups excluding tert-OH is 1. The molecule has 5 atom stereocenters. The number of aliphatic hydroxyl groups is 1. The Kier molecular flexibility index (Phi) is 24.2. The molecule has 0 saturated carbocycles. The standard InChI is InChI=1S/C17H25O8S.C4H8O4P.K/c1-11(18)22-10-15-17(24-13(3)20)14(23-12(2)19)9-16(25-15)21-7-5-4-6-8-26;1-4(3-5)8-9(6)7-2;/h14-17H,4-7,9-10H2,1-3H3;1,5-6H,3H2,2H3;/q2*-1;+1. The fourth-order valence-electron chi connectivity index (χ4n) is 2.68. The van der Waals surface area contributed by atoms with Crippen molar-refractivity contribution in [3.63, 3.8) is 0 Å². The van der Waals surface area contributed by atoms with Crippen molar-refractivity contribution < 1.29 is 108 Å². The molecule has 0 aromatic rings. The number of hydrogen-bond acceptors (Lipinski definition) is 13. The van der Waals surface area contributed by atoms with E-state index >= 15 is 0 Å². The predicted octanol–water partition coefficient (Wildman–Crippen LogP) is -1.23. The van der Waals surface area contributed by atoms with Crippen molar-refractivity contribution in [3.05, 3.63) is 12.3 Å². The zero-order valence-corrected chi connectivity index (χ0v) is 26.0. The maximum Gasteiger partial charge on any atom is 1.00 e. The average Bonchev–Trinajstić information content (AvgIpc) is 2.78. The number of hydrogen-bond donors (Lipinski definition) is 2. The van der Waals surface area contributed by atoms with Crippen LogP contribution >= 0.6 is 20.8 Å². The van der Waals surface area contributed by atoms with Crippen LogP contribution in [0.1, 0.15) is 46.5 Å². The summed E-state index contributed by atoms with van der Waals surface area (Å²) in [5.74, 6) is -1.72. The fourth-order valence-corrected chi connectivity index (χ4v) is 3.16. The second-order valence-electron chi connectivity index (χ2n) is 6.97. The van der Waals surface area contributed by atoms with Crippen LogP contribution in [0.25, 0.3) is 0 Å². The van der Waals surface area contributed by atoms with Gasteiger partial charge in [-0.25, -0.2) is 0 Å². The molecule has 12 nitrogen and oxygen atoms in total. The van der Waals surface area contributed by atoms with E-state index in [0.717, 1.165) is 12.8 Å². The van der Waals surface area contributed by atoms with Crippen LogP contribution in [0.15, 0.2) is 5.76 Å². The van der Waals surface area contributed by atoms with Gasteiger partial charge in [-0.2, -0.15) is 6.42 Å². The molecule has 0 radical (unpaired) electrons. The second kappa shape index (κ2) is 22.9. The minimum absolute atomic E-state index is 0. The molecule has 1 saturated heterocycles. The number of esters is 3. The van der Waals surface area contributed by atoms with E-state index in [2.05, 4.69) is 26.6 Å². The van der Waals surface area contributed by atoms with Gasteiger partial charge in [-0.05, 0) is 6.42 Å². The van der Waals surface area contributed by atoms with Crippen LogP contribution in [0.4, 0.5) is 0 Å². The maximum atomic E-state index is 11.4. The normalized spacial score (nSPS) is 21.4. The van der Waals surface area contributed by atoms with Crippen molar-refractivity contribution >= 4 is 44.1 Å². The van der Waals surface area contributed by atoms with Crippen LogP contribution in [0.2, 0.25) is 0 Å². The molecule has 0 bridgehead atoms. The summed E-state index contributed by atoms with van der Waals surface area (Å²) in [5.41, 5.74) is 0. The van der Waals surface area contributed by atoms with E-state index < -0.39 is 57.7 Å². The summed E-state index contributed by atoms with van der Waals surface area (Å²) < 4.78 is 35.6. The van der Waals surface area contributed by atoms with Gasteiger partial charge in [0.15, 0.2) is 12.4 Å². The first-order chi connectivity index (χ1) is 16.5. The van der Waals surface area contributed by atoms with Crippen LogP contribution < -0.4 is 51.4 Å². The summed E-state index contributed by atoms with van der Waals surface area (Å²) >= 11 is 4.65. The first-order valence-electron chi connectivity index (χ1n) is 10.6. The molecule has 0 spiro atoms. The molecule has 1 rings (SSSR count). The van der Waals surface area contributed by atoms with Crippen molar-refractivity contribution in [1.29, 1.82) is 0 Å². The molecule has 1 fully saturated rings. The summed E-state index contributed by atoms with van der Waals surface area (Å²) in [5, 5.41) is 10.9. The Labute approximate surface area is 260 Å². The van der Waals surface area contributed by atoms with Gasteiger partial charge >= 0.3 is 77.9 Å². The SMILES string of the molecule is CC(=O)OCC1OC(OCCCC[C-]=S)CC(OC(C)=O)C1OC(C)=O.[CH-]=C(CO)OP(O)OC.[K+]. The summed E-state index contributed by atoms with van der Waals surface area (Å²) in [6, 6.07) is 0. The minimum Gasteiger partial charge on any atom is -0.470 e. The molecule has 1 aliphatic heterocycles. The Morgan fingerprint density at radius 2 is 1.78 bits per heavy atom. The van der Waals surface area contributed by atoms with Gasteiger partial charge in [-0.15, -0.1) is 0 Å². The second-order valence-corrected chi connectivity index (χ2v) is 8.28. The number of thiocarbonyl (C=S) groups is 1. The summed E-state index contributed by atoms with van der Waals surface area (Å²) in [6.45, 7) is 8.59. The van der Waals surface area contributed by atoms with Crippen molar-refractivity contribution in [2.45, 2.75) is 71.1 Å². The van der Waals surface area contributed by atoms with E-state index in [1.54, 1.807) is 0 Å². The molecule has 1 aliphatic rings. The van der Waals surface area contributed by atoms with Gasteiger partial charge < -0.3 is 66.9 Å². The molecule has 0 aromatic carbocycles. The van der Waals surface area contributed by atoms with Gasteiger partial charge in [0.05, 0.1) is 6.61 Å². The summed E-state index contributed by atoms with van der Waals surface area (Å²) in [7, 11) is -0.671. The van der Waals surface area contributed by atoms with Gasteiger partial charge in [0.2, 0.25) is 0 Å². The third-order valence-corrected chi connectivity index (χ3v) is 4.95. The molecule has 1 heterocycles. The Balaban J connectivity index is 0. The van der Waals surface area contributed by atoms with Crippen LogP contribution in [-0.2, 0) is 47.1 Å². The van der Waals surface area contributed by atoms with E-state index in [-0.39, 0.29) is 70.2 Å². The first kappa shape index (κ1) is 38.1. The Morgan fingerprint density at radius 1 is 1.14 bits per heavy atom. The third-order valence-electron chi connectivity index (χ3n) is 4.04. The zero-order valence-electron chi connectivity index (χ0n) is 21.2. The monoisotopic (exact) mass is 579 g/mol. The Hall–Kier alpha value is -0.0936. The number of unbranched alkanes of at least 4 members (excludes halogenated alkanes) is 2. The van der Waals surface area contributed by atoms with Gasteiger partial charge in [0.1, 0.15) is 18.8 Å². The average molecular weight is 580 g/mol. The molecule has 36 heavy (non-hydrogen) atoms. The molecule has 0 amide bonds. The van der Waals surface area contributed by atoms with E-state index in [9.17, 15) is 14.4 Å². The van der Waals surface area contributed by atoms with Crippen molar-refractivity contribution in [2.75, 3.05) is 26.9 Å². The van der Waals surface area contributed by atoms with Crippen LogP contribution in [0.3, 0.4) is 0 Å². The number of ether oxygens (including phenoxy) is 5. The molecular weight excluding hydrogens is 546 g/mol. The fraction of sp³-hybridized carbons (Fsp3) is 0.714. The topological polar surface area (TPSA) is 156 Å². The van der Waals surface area contributed by atoms with Crippen molar-refractivity contribution in [3.8, 4) is 0 Å². The van der Waals surface area contributed by atoms with Gasteiger partial charge in [-0.1, -0.05) is 12.2 Å². The van der Waals surface area contributed by atoms with Gasteiger partial charge in [0, 0.05) is 40.9 Å². The largest absolute Gasteiger partial charge is 1.00 e. The molecule has 2 N–H and O–H groups in total.